The molecule has 1 amide bonds. The summed E-state index contributed by atoms with van der Waals surface area (Å²) in [5.41, 5.74) is -0.0618. The van der Waals surface area contributed by atoms with E-state index in [4.69, 9.17) is 11.6 Å². The van der Waals surface area contributed by atoms with Crippen LogP contribution in [0.1, 0.15) is 45.1 Å². The molecule has 1 rings (SSSR count). The Bertz CT molecular complexity index is 487. The van der Waals surface area contributed by atoms with Gasteiger partial charge in [-0.25, -0.2) is 4.79 Å². The van der Waals surface area contributed by atoms with E-state index in [9.17, 15) is 14.7 Å². The van der Waals surface area contributed by atoms with Gasteiger partial charge in [0.1, 0.15) is 5.54 Å². The molecule has 4 nitrogen and oxygen atoms in total. The van der Waals surface area contributed by atoms with E-state index in [1.165, 1.54) is 0 Å². The molecule has 1 unspecified atom stereocenters. The van der Waals surface area contributed by atoms with Crippen molar-refractivity contribution < 1.29 is 14.7 Å². The number of aliphatic carboxylic acids is 1. The van der Waals surface area contributed by atoms with Crippen molar-refractivity contribution in [3.05, 3.63) is 34.9 Å². The lowest BCUT2D eigenvalue weighted by Gasteiger charge is -2.25. The summed E-state index contributed by atoms with van der Waals surface area (Å²) in [4.78, 5) is 23.1. The number of aryl methyl sites for hydroxylation is 1. The van der Waals surface area contributed by atoms with E-state index < -0.39 is 11.5 Å². The molecule has 0 bridgehead atoms. The third-order valence-corrected chi connectivity index (χ3v) is 3.67. The quantitative estimate of drug-likeness (QED) is 0.773. The van der Waals surface area contributed by atoms with Gasteiger partial charge in [-0.1, -0.05) is 37.1 Å². The third-order valence-electron chi connectivity index (χ3n) is 3.42. The Balaban J connectivity index is 2.43. The molecule has 5 heteroatoms. The fourth-order valence-corrected chi connectivity index (χ4v) is 2.32. The largest absolute Gasteiger partial charge is 0.480 e. The van der Waals surface area contributed by atoms with Crippen LogP contribution in [0.5, 0.6) is 0 Å². The lowest BCUT2D eigenvalue weighted by molar-refractivity contribution is -0.147. The Kier molecular flexibility index (Phi) is 6.69. The molecule has 0 aromatic heterocycles. The lowest BCUT2D eigenvalue weighted by atomic mass is 9.96. The summed E-state index contributed by atoms with van der Waals surface area (Å²) in [6.45, 7) is 3.45. The second-order valence-corrected chi connectivity index (χ2v) is 5.85. The standard InChI is InChI=1S/C16H22ClNO3/c1-3-11-16(2,15(20)21)18-14(19)6-4-5-12-7-9-13(17)10-8-12/h7-10H,3-6,11H2,1-2H3,(H,18,19)(H,20,21). The van der Waals surface area contributed by atoms with Crippen LogP contribution in [0.15, 0.2) is 24.3 Å². The first-order valence-electron chi connectivity index (χ1n) is 7.16. The zero-order valence-electron chi connectivity index (χ0n) is 12.5. The number of benzene rings is 1. The molecule has 1 atom stereocenters. The summed E-state index contributed by atoms with van der Waals surface area (Å²) >= 11 is 5.81. The molecule has 0 spiro atoms. The van der Waals surface area contributed by atoms with Crippen LogP contribution in [0.2, 0.25) is 5.02 Å². The molecule has 0 aliphatic rings. The first-order valence-corrected chi connectivity index (χ1v) is 7.54. The monoisotopic (exact) mass is 311 g/mol. The summed E-state index contributed by atoms with van der Waals surface area (Å²) in [5, 5.41) is 12.5. The summed E-state index contributed by atoms with van der Waals surface area (Å²) < 4.78 is 0. The minimum absolute atomic E-state index is 0.220. The van der Waals surface area contributed by atoms with Crippen LogP contribution >= 0.6 is 11.6 Å². The van der Waals surface area contributed by atoms with E-state index in [0.717, 1.165) is 12.0 Å². The second kappa shape index (κ2) is 8.03. The Hall–Kier alpha value is -1.55. The Morgan fingerprint density at radius 2 is 1.90 bits per heavy atom. The zero-order chi connectivity index (χ0) is 15.9. The molecular weight excluding hydrogens is 290 g/mol. The average molecular weight is 312 g/mol. The number of carboxylic acids is 1. The van der Waals surface area contributed by atoms with Crippen LogP contribution in [-0.2, 0) is 16.0 Å². The minimum atomic E-state index is -1.17. The van der Waals surface area contributed by atoms with E-state index in [1.54, 1.807) is 6.92 Å². The second-order valence-electron chi connectivity index (χ2n) is 5.42. The van der Waals surface area contributed by atoms with Crippen molar-refractivity contribution in [2.24, 2.45) is 0 Å². The smallest absolute Gasteiger partial charge is 0.329 e. The van der Waals surface area contributed by atoms with Gasteiger partial charge in [0.25, 0.3) is 0 Å². The maximum absolute atomic E-state index is 11.9. The molecule has 0 fully saturated rings. The van der Waals surface area contributed by atoms with E-state index >= 15 is 0 Å². The molecule has 0 saturated carbocycles. The number of amides is 1. The van der Waals surface area contributed by atoms with Gasteiger partial charge in [-0.3, -0.25) is 4.79 Å². The number of rotatable bonds is 8. The minimum Gasteiger partial charge on any atom is -0.480 e. The van der Waals surface area contributed by atoms with Crippen molar-refractivity contribution in [2.75, 3.05) is 0 Å². The first-order chi connectivity index (χ1) is 9.87. The Morgan fingerprint density at radius 3 is 2.43 bits per heavy atom. The number of nitrogens with one attached hydrogen (secondary N) is 1. The number of hydrogen-bond donors (Lipinski definition) is 2. The highest BCUT2D eigenvalue weighted by Crippen LogP contribution is 2.14. The molecular formula is C16H22ClNO3. The molecule has 116 valence electrons. The highest BCUT2D eigenvalue weighted by Gasteiger charge is 2.33. The molecule has 2 N–H and O–H groups in total. The van der Waals surface area contributed by atoms with Crippen molar-refractivity contribution in [1.82, 2.24) is 5.32 Å². The van der Waals surface area contributed by atoms with Crippen LogP contribution in [0, 0.1) is 0 Å². The summed E-state index contributed by atoms with van der Waals surface area (Å²) in [6, 6.07) is 7.50. The Morgan fingerprint density at radius 1 is 1.29 bits per heavy atom. The molecule has 0 heterocycles. The number of carbonyl (C=O) groups excluding carboxylic acids is 1. The van der Waals surface area contributed by atoms with E-state index in [1.807, 2.05) is 31.2 Å². The number of carboxylic acid groups (broad SMARTS) is 1. The molecule has 0 aliphatic heterocycles. The summed E-state index contributed by atoms with van der Waals surface area (Å²) in [7, 11) is 0. The van der Waals surface area contributed by atoms with Crippen molar-refractivity contribution in [3.63, 3.8) is 0 Å². The maximum Gasteiger partial charge on any atom is 0.329 e. The number of carbonyl (C=O) groups is 2. The normalized spacial score (nSPS) is 13.5. The van der Waals surface area contributed by atoms with Crippen LogP contribution in [0.4, 0.5) is 0 Å². The van der Waals surface area contributed by atoms with Crippen molar-refractivity contribution in [2.45, 2.75) is 51.5 Å². The Labute approximate surface area is 130 Å². The number of halogens is 1. The SMILES string of the molecule is CCCC(C)(NC(=O)CCCc1ccc(Cl)cc1)C(=O)O. The van der Waals surface area contributed by atoms with Gasteiger partial charge in [0.05, 0.1) is 0 Å². The summed E-state index contributed by atoms with van der Waals surface area (Å²) in [6.07, 6.45) is 2.88. The van der Waals surface area contributed by atoms with Crippen molar-refractivity contribution in [1.29, 1.82) is 0 Å². The van der Waals surface area contributed by atoms with Gasteiger partial charge in [-0.2, -0.15) is 0 Å². The van der Waals surface area contributed by atoms with Gasteiger partial charge in [0, 0.05) is 11.4 Å². The highest BCUT2D eigenvalue weighted by molar-refractivity contribution is 6.30. The maximum atomic E-state index is 11.9. The highest BCUT2D eigenvalue weighted by atomic mass is 35.5. The van der Waals surface area contributed by atoms with Gasteiger partial charge in [0.2, 0.25) is 5.91 Å². The summed E-state index contributed by atoms with van der Waals surface area (Å²) in [5.74, 6) is -1.21. The molecule has 21 heavy (non-hydrogen) atoms. The molecule has 0 aliphatic carbocycles. The molecule has 0 radical (unpaired) electrons. The first kappa shape index (κ1) is 17.5. The molecule has 0 saturated heterocycles. The molecule has 1 aromatic carbocycles. The fraction of sp³-hybridized carbons (Fsp3) is 0.500. The van der Waals surface area contributed by atoms with Crippen molar-refractivity contribution >= 4 is 23.5 Å². The predicted molar refractivity (Wildman–Crippen MR) is 83.5 cm³/mol. The van der Waals surface area contributed by atoms with E-state index in [-0.39, 0.29) is 5.91 Å². The third kappa shape index (κ3) is 5.76. The van der Waals surface area contributed by atoms with Crippen molar-refractivity contribution in [3.8, 4) is 0 Å². The lowest BCUT2D eigenvalue weighted by Crippen LogP contribution is -2.52. The fourth-order valence-electron chi connectivity index (χ4n) is 2.20. The topological polar surface area (TPSA) is 66.4 Å². The van der Waals surface area contributed by atoms with E-state index in [2.05, 4.69) is 5.32 Å². The van der Waals surface area contributed by atoms with Gasteiger partial charge in [0.15, 0.2) is 0 Å². The van der Waals surface area contributed by atoms with Crippen LogP contribution in [0.3, 0.4) is 0 Å². The van der Waals surface area contributed by atoms with Crippen LogP contribution in [0.25, 0.3) is 0 Å². The predicted octanol–water partition coefficient (Wildman–Crippen LogP) is 3.42. The van der Waals surface area contributed by atoms with Gasteiger partial charge >= 0.3 is 5.97 Å². The van der Waals surface area contributed by atoms with Crippen LogP contribution in [-0.4, -0.2) is 22.5 Å². The zero-order valence-corrected chi connectivity index (χ0v) is 13.2. The van der Waals surface area contributed by atoms with E-state index in [0.29, 0.717) is 30.7 Å². The van der Waals surface area contributed by atoms with Gasteiger partial charge in [-0.05, 0) is 43.9 Å². The van der Waals surface area contributed by atoms with Crippen LogP contribution < -0.4 is 5.32 Å². The molecule has 1 aromatic rings. The van der Waals surface area contributed by atoms with Gasteiger partial charge < -0.3 is 10.4 Å². The average Bonchev–Trinajstić information content (AvgIpc) is 2.41. The van der Waals surface area contributed by atoms with Gasteiger partial charge in [-0.15, -0.1) is 0 Å². The number of hydrogen-bond acceptors (Lipinski definition) is 2.